The molecule has 1 saturated heterocycles. The van der Waals surface area contributed by atoms with Crippen molar-refractivity contribution in [3.05, 3.63) is 89.5 Å². The van der Waals surface area contributed by atoms with Crippen LogP contribution in [0, 0.1) is 11.6 Å². The predicted octanol–water partition coefficient (Wildman–Crippen LogP) is 5.26. The summed E-state index contributed by atoms with van der Waals surface area (Å²) in [6.07, 6.45) is 1.59. The van der Waals surface area contributed by atoms with Gasteiger partial charge in [-0.1, -0.05) is 36.4 Å². The Kier molecular flexibility index (Phi) is 6.28. The normalized spacial score (nSPS) is 16.4. The Balaban J connectivity index is 1.38. The summed E-state index contributed by atoms with van der Waals surface area (Å²) in [4.78, 5) is 13.4. The van der Waals surface area contributed by atoms with Crippen LogP contribution in [0.15, 0.2) is 66.7 Å². The number of halogens is 2. The first kappa shape index (κ1) is 21.0. The summed E-state index contributed by atoms with van der Waals surface area (Å²) in [7, 11) is 0. The van der Waals surface area contributed by atoms with Gasteiger partial charge in [0.2, 0.25) is 0 Å². The van der Waals surface area contributed by atoms with Crippen LogP contribution in [0.25, 0.3) is 11.1 Å². The van der Waals surface area contributed by atoms with Crippen LogP contribution >= 0.6 is 0 Å². The number of hydrogen-bond donors (Lipinski definition) is 1. The molecule has 31 heavy (non-hydrogen) atoms. The highest BCUT2D eigenvalue weighted by molar-refractivity contribution is 5.73. The molecular formula is C25H23F2NO3. The Morgan fingerprint density at radius 1 is 1.03 bits per heavy atom. The maximum absolute atomic E-state index is 14.0. The Bertz CT molecular complexity index is 1070. The van der Waals surface area contributed by atoms with Crippen LogP contribution in [-0.2, 0) is 17.9 Å². The standard InChI is InChI=1S/C25H23F2NO3/c26-20-8-11-22(23(27)14-20)19-6-9-21(10-7-19)31-16-18-4-1-3-17(13-18)15-28-12-2-5-24(28)25(29)30/h1,3-4,6-11,13-14,24H,2,5,12,15-16H2,(H,29,30). The van der Waals surface area contributed by atoms with Gasteiger partial charge in [0.25, 0.3) is 0 Å². The largest absolute Gasteiger partial charge is 0.489 e. The molecule has 1 N–H and O–H groups in total. The van der Waals surface area contributed by atoms with E-state index in [1.54, 1.807) is 24.3 Å². The van der Waals surface area contributed by atoms with Crippen LogP contribution in [0.2, 0.25) is 0 Å². The number of likely N-dealkylation sites (tertiary alicyclic amines) is 1. The van der Waals surface area contributed by atoms with Crippen molar-refractivity contribution in [1.82, 2.24) is 4.90 Å². The number of carboxylic acid groups (broad SMARTS) is 1. The molecule has 4 nitrogen and oxygen atoms in total. The summed E-state index contributed by atoms with van der Waals surface area (Å²) in [5.74, 6) is -1.33. The Morgan fingerprint density at radius 3 is 2.55 bits per heavy atom. The van der Waals surface area contributed by atoms with Gasteiger partial charge < -0.3 is 9.84 Å². The summed E-state index contributed by atoms with van der Waals surface area (Å²) in [5.41, 5.74) is 3.02. The van der Waals surface area contributed by atoms with E-state index < -0.39 is 23.6 Å². The fraction of sp³-hybridized carbons (Fsp3) is 0.240. The first-order valence-corrected chi connectivity index (χ1v) is 10.2. The fourth-order valence-electron chi connectivity index (χ4n) is 3.97. The molecule has 6 heteroatoms. The van der Waals surface area contributed by atoms with E-state index in [2.05, 4.69) is 0 Å². The Morgan fingerprint density at radius 2 is 1.81 bits per heavy atom. The summed E-state index contributed by atoms with van der Waals surface area (Å²) in [5, 5.41) is 9.35. The van der Waals surface area contributed by atoms with E-state index in [0.29, 0.717) is 36.4 Å². The molecule has 160 valence electrons. The van der Waals surface area contributed by atoms with Crippen molar-refractivity contribution in [2.75, 3.05) is 6.54 Å². The molecule has 1 atom stereocenters. The molecule has 0 saturated carbocycles. The lowest BCUT2D eigenvalue weighted by atomic mass is 10.1. The van der Waals surface area contributed by atoms with Crippen LogP contribution in [0.4, 0.5) is 8.78 Å². The van der Waals surface area contributed by atoms with E-state index in [0.717, 1.165) is 30.2 Å². The summed E-state index contributed by atoms with van der Waals surface area (Å²) in [6, 6.07) is 18.0. The number of aliphatic carboxylic acids is 1. The zero-order valence-electron chi connectivity index (χ0n) is 16.9. The van der Waals surface area contributed by atoms with Gasteiger partial charge in [-0.15, -0.1) is 0 Å². The number of rotatable bonds is 7. The molecule has 1 heterocycles. The molecule has 1 fully saturated rings. The molecule has 3 aromatic carbocycles. The van der Waals surface area contributed by atoms with Gasteiger partial charge in [-0.05, 0) is 60.3 Å². The van der Waals surface area contributed by atoms with E-state index in [9.17, 15) is 18.7 Å². The smallest absolute Gasteiger partial charge is 0.320 e. The maximum Gasteiger partial charge on any atom is 0.320 e. The summed E-state index contributed by atoms with van der Waals surface area (Å²) in [6.45, 7) is 1.75. The highest BCUT2D eigenvalue weighted by Gasteiger charge is 2.30. The van der Waals surface area contributed by atoms with E-state index in [1.165, 1.54) is 12.1 Å². The van der Waals surface area contributed by atoms with Crippen LogP contribution < -0.4 is 4.74 Å². The number of carbonyl (C=O) groups is 1. The SMILES string of the molecule is O=C(O)C1CCCN1Cc1cccc(COc2ccc(-c3ccc(F)cc3F)cc2)c1. The van der Waals surface area contributed by atoms with Gasteiger partial charge in [-0.3, -0.25) is 9.69 Å². The second kappa shape index (κ2) is 9.27. The van der Waals surface area contributed by atoms with E-state index >= 15 is 0 Å². The van der Waals surface area contributed by atoms with Crippen molar-refractivity contribution in [1.29, 1.82) is 0 Å². The second-order valence-corrected chi connectivity index (χ2v) is 7.72. The van der Waals surface area contributed by atoms with Crippen LogP contribution in [0.3, 0.4) is 0 Å². The molecule has 1 unspecified atom stereocenters. The van der Waals surface area contributed by atoms with Crippen LogP contribution in [0.1, 0.15) is 24.0 Å². The molecule has 0 aliphatic carbocycles. The number of ether oxygens (including phenoxy) is 1. The molecular weight excluding hydrogens is 400 g/mol. The first-order chi connectivity index (χ1) is 15.0. The van der Waals surface area contributed by atoms with Gasteiger partial charge >= 0.3 is 5.97 Å². The summed E-state index contributed by atoms with van der Waals surface area (Å²) < 4.78 is 32.9. The molecule has 0 aromatic heterocycles. The van der Waals surface area contributed by atoms with Crippen molar-refractivity contribution in [2.24, 2.45) is 0 Å². The molecule has 0 bridgehead atoms. The maximum atomic E-state index is 14.0. The van der Waals surface area contributed by atoms with Gasteiger partial charge in [0.15, 0.2) is 0 Å². The monoisotopic (exact) mass is 423 g/mol. The third-order valence-corrected chi connectivity index (χ3v) is 5.53. The molecule has 0 amide bonds. The summed E-state index contributed by atoms with van der Waals surface area (Å²) >= 11 is 0. The minimum Gasteiger partial charge on any atom is -0.489 e. The lowest BCUT2D eigenvalue weighted by molar-refractivity contribution is -0.142. The molecule has 0 radical (unpaired) electrons. The van der Waals surface area contributed by atoms with Crippen LogP contribution in [-0.4, -0.2) is 28.6 Å². The van der Waals surface area contributed by atoms with Gasteiger partial charge in [0, 0.05) is 18.2 Å². The minimum atomic E-state index is -0.763. The predicted molar refractivity (Wildman–Crippen MR) is 114 cm³/mol. The quantitative estimate of drug-likeness (QED) is 0.563. The highest BCUT2D eigenvalue weighted by atomic mass is 19.1. The molecule has 1 aliphatic heterocycles. The van der Waals surface area contributed by atoms with Gasteiger partial charge in [-0.2, -0.15) is 0 Å². The number of carboxylic acids is 1. The third-order valence-electron chi connectivity index (χ3n) is 5.53. The number of nitrogens with zero attached hydrogens (tertiary/aromatic N) is 1. The molecule has 4 rings (SSSR count). The van der Waals surface area contributed by atoms with Gasteiger partial charge in [0.05, 0.1) is 0 Å². The van der Waals surface area contributed by atoms with Crippen molar-refractivity contribution in [3.8, 4) is 16.9 Å². The van der Waals surface area contributed by atoms with Crippen molar-refractivity contribution >= 4 is 5.97 Å². The lowest BCUT2D eigenvalue weighted by Crippen LogP contribution is -2.35. The molecule has 3 aromatic rings. The lowest BCUT2D eigenvalue weighted by Gasteiger charge is -2.21. The number of benzene rings is 3. The van der Waals surface area contributed by atoms with E-state index in [-0.39, 0.29) is 0 Å². The van der Waals surface area contributed by atoms with Crippen molar-refractivity contribution in [2.45, 2.75) is 32.0 Å². The Labute approximate surface area is 179 Å². The first-order valence-electron chi connectivity index (χ1n) is 10.2. The number of hydrogen-bond acceptors (Lipinski definition) is 3. The average molecular weight is 423 g/mol. The van der Waals surface area contributed by atoms with E-state index in [1.807, 2.05) is 29.2 Å². The second-order valence-electron chi connectivity index (χ2n) is 7.72. The highest BCUT2D eigenvalue weighted by Crippen LogP contribution is 2.26. The van der Waals surface area contributed by atoms with Crippen molar-refractivity contribution < 1.29 is 23.4 Å². The van der Waals surface area contributed by atoms with E-state index in [4.69, 9.17) is 4.74 Å². The molecule has 0 spiro atoms. The van der Waals surface area contributed by atoms with Gasteiger partial charge in [-0.25, -0.2) is 8.78 Å². The van der Waals surface area contributed by atoms with Gasteiger partial charge in [0.1, 0.15) is 30.0 Å². The fourth-order valence-corrected chi connectivity index (χ4v) is 3.97. The van der Waals surface area contributed by atoms with Crippen LogP contribution in [0.5, 0.6) is 5.75 Å². The Hall–Kier alpha value is -3.25. The zero-order valence-corrected chi connectivity index (χ0v) is 16.9. The zero-order chi connectivity index (χ0) is 21.8. The minimum absolute atomic E-state index is 0.335. The third kappa shape index (κ3) is 5.09. The van der Waals surface area contributed by atoms with Crippen molar-refractivity contribution in [3.63, 3.8) is 0 Å². The molecule has 1 aliphatic rings. The average Bonchev–Trinajstić information content (AvgIpc) is 3.22. The topological polar surface area (TPSA) is 49.8 Å².